The Balaban J connectivity index is 3.53. The maximum absolute atomic E-state index is 10.5. The zero-order chi connectivity index (χ0) is 13.8. The second-order valence-corrected chi connectivity index (χ2v) is 4.32. The van der Waals surface area contributed by atoms with Crippen LogP contribution in [0.1, 0.15) is 45.4 Å². The van der Waals surface area contributed by atoms with E-state index in [2.05, 4.69) is 0 Å². The average molecular weight is 255 g/mol. The number of aliphatic hydroxyl groups is 2. The molecule has 18 heavy (non-hydrogen) atoms. The number of hydrogen-bond donors (Lipinski definition) is 3. The number of amides is 1. The molecule has 2 atom stereocenters. The van der Waals surface area contributed by atoms with Crippen LogP contribution in [0.4, 0.5) is 0 Å². The molecule has 4 nitrogen and oxygen atoms in total. The Morgan fingerprint density at radius 3 is 2.44 bits per heavy atom. The zero-order valence-electron chi connectivity index (χ0n) is 11.1. The molecule has 104 valence electrons. The number of unbranched alkanes of at least 4 members (excludes halogenated alkanes) is 1. The number of nitrogens with two attached hydrogens (primary N) is 1. The summed E-state index contributed by atoms with van der Waals surface area (Å²) >= 11 is 0. The molecule has 4 heteroatoms. The van der Waals surface area contributed by atoms with Crippen LogP contribution in [0.15, 0.2) is 24.3 Å². The fraction of sp³-hybridized carbons (Fsp3) is 0.643. The summed E-state index contributed by atoms with van der Waals surface area (Å²) in [4.78, 5) is 10.5. The Kier molecular flexibility index (Phi) is 10.3. The maximum Gasteiger partial charge on any atom is 0.217 e. The number of primary amides is 1. The molecule has 0 rings (SSSR count). The number of aliphatic hydroxyl groups excluding tert-OH is 2. The molecule has 0 aliphatic carbocycles. The van der Waals surface area contributed by atoms with Crippen molar-refractivity contribution in [2.75, 3.05) is 0 Å². The standard InChI is InChI=1S/C14H25NO3/c1-2-12(16)13(17)10-8-6-4-3-5-7-9-11-14(15)18/h3,5-6,8,12-13,16-17H,2,4,7,9-11H2,1H3,(H2,15,18). The van der Waals surface area contributed by atoms with E-state index >= 15 is 0 Å². The van der Waals surface area contributed by atoms with Crippen molar-refractivity contribution in [1.82, 2.24) is 0 Å². The van der Waals surface area contributed by atoms with Gasteiger partial charge >= 0.3 is 0 Å². The predicted octanol–water partition coefficient (Wildman–Crippen LogP) is 1.67. The molecule has 2 unspecified atom stereocenters. The van der Waals surface area contributed by atoms with Gasteiger partial charge in [-0.15, -0.1) is 0 Å². The van der Waals surface area contributed by atoms with E-state index in [1.807, 2.05) is 31.2 Å². The van der Waals surface area contributed by atoms with E-state index in [-0.39, 0.29) is 5.91 Å². The zero-order valence-corrected chi connectivity index (χ0v) is 11.1. The van der Waals surface area contributed by atoms with Gasteiger partial charge in [0.05, 0.1) is 12.2 Å². The molecule has 0 aliphatic rings. The smallest absolute Gasteiger partial charge is 0.217 e. The molecule has 0 spiro atoms. The fourth-order valence-corrected chi connectivity index (χ4v) is 1.45. The first kappa shape index (κ1) is 16.9. The van der Waals surface area contributed by atoms with Gasteiger partial charge in [0.1, 0.15) is 0 Å². The molecule has 0 aliphatic heterocycles. The Morgan fingerprint density at radius 2 is 1.83 bits per heavy atom. The molecule has 4 N–H and O–H groups in total. The van der Waals surface area contributed by atoms with Gasteiger partial charge in [-0.25, -0.2) is 0 Å². The number of carbonyl (C=O) groups is 1. The third-order valence-corrected chi connectivity index (χ3v) is 2.64. The van der Waals surface area contributed by atoms with Crippen molar-refractivity contribution in [2.45, 2.75) is 57.7 Å². The SMILES string of the molecule is CCC(O)C(O)CC=CCC=CCCCC(N)=O. The largest absolute Gasteiger partial charge is 0.390 e. The first-order valence-corrected chi connectivity index (χ1v) is 6.52. The summed E-state index contributed by atoms with van der Waals surface area (Å²) in [6, 6.07) is 0. The highest BCUT2D eigenvalue weighted by Gasteiger charge is 2.11. The average Bonchev–Trinajstić information content (AvgIpc) is 2.35. The summed E-state index contributed by atoms with van der Waals surface area (Å²) in [6.45, 7) is 1.84. The van der Waals surface area contributed by atoms with Crippen molar-refractivity contribution in [3.8, 4) is 0 Å². The molecule has 0 radical (unpaired) electrons. The van der Waals surface area contributed by atoms with Crippen molar-refractivity contribution < 1.29 is 15.0 Å². The third-order valence-electron chi connectivity index (χ3n) is 2.64. The topological polar surface area (TPSA) is 83.6 Å². The normalized spacial score (nSPS) is 15.3. The second kappa shape index (κ2) is 11.0. The van der Waals surface area contributed by atoms with Gasteiger partial charge in [-0.3, -0.25) is 4.79 Å². The lowest BCUT2D eigenvalue weighted by atomic mass is 10.1. The lowest BCUT2D eigenvalue weighted by Gasteiger charge is -2.13. The maximum atomic E-state index is 10.5. The van der Waals surface area contributed by atoms with Gasteiger partial charge in [0.25, 0.3) is 0 Å². The highest BCUT2D eigenvalue weighted by Crippen LogP contribution is 2.04. The molecular weight excluding hydrogens is 230 g/mol. The van der Waals surface area contributed by atoms with Crippen LogP contribution >= 0.6 is 0 Å². The van der Waals surface area contributed by atoms with Gasteiger partial charge in [0.2, 0.25) is 5.91 Å². The van der Waals surface area contributed by atoms with Gasteiger partial charge < -0.3 is 15.9 Å². The minimum atomic E-state index is -0.675. The van der Waals surface area contributed by atoms with Crippen LogP contribution in [0, 0.1) is 0 Å². The monoisotopic (exact) mass is 255 g/mol. The van der Waals surface area contributed by atoms with Crippen molar-refractivity contribution >= 4 is 5.91 Å². The van der Waals surface area contributed by atoms with Crippen molar-refractivity contribution in [2.24, 2.45) is 5.73 Å². The van der Waals surface area contributed by atoms with E-state index in [1.165, 1.54) is 0 Å². The number of allylic oxidation sites excluding steroid dienone is 3. The first-order valence-electron chi connectivity index (χ1n) is 6.52. The third kappa shape index (κ3) is 10.1. The molecule has 0 saturated heterocycles. The van der Waals surface area contributed by atoms with Gasteiger partial charge in [0, 0.05) is 6.42 Å². The van der Waals surface area contributed by atoms with Crippen LogP contribution in [-0.2, 0) is 4.79 Å². The van der Waals surface area contributed by atoms with E-state index < -0.39 is 12.2 Å². The molecule has 0 aromatic carbocycles. The molecule has 0 fully saturated rings. The van der Waals surface area contributed by atoms with Gasteiger partial charge in [0.15, 0.2) is 0 Å². The summed E-state index contributed by atoms with van der Waals surface area (Å²) in [6.07, 6.45) is 10.5. The molecule has 1 amide bonds. The minimum Gasteiger partial charge on any atom is -0.390 e. The Bertz CT molecular complexity index is 274. The summed E-state index contributed by atoms with van der Waals surface area (Å²) in [5.74, 6) is -0.258. The Morgan fingerprint density at radius 1 is 1.17 bits per heavy atom. The van der Waals surface area contributed by atoms with Crippen molar-refractivity contribution in [3.63, 3.8) is 0 Å². The fourth-order valence-electron chi connectivity index (χ4n) is 1.45. The van der Waals surface area contributed by atoms with E-state index in [4.69, 9.17) is 5.73 Å². The summed E-state index contributed by atoms with van der Waals surface area (Å²) in [5, 5.41) is 18.8. The predicted molar refractivity (Wildman–Crippen MR) is 72.9 cm³/mol. The first-order chi connectivity index (χ1) is 8.57. The second-order valence-electron chi connectivity index (χ2n) is 4.32. The van der Waals surface area contributed by atoms with Gasteiger partial charge in [-0.1, -0.05) is 31.2 Å². The van der Waals surface area contributed by atoms with Crippen molar-refractivity contribution in [1.29, 1.82) is 0 Å². The molecule has 0 aromatic rings. The molecule has 0 saturated carbocycles. The van der Waals surface area contributed by atoms with E-state index in [9.17, 15) is 15.0 Å². The van der Waals surface area contributed by atoms with Crippen LogP contribution in [0.2, 0.25) is 0 Å². The number of hydrogen-bond acceptors (Lipinski definition) is 3. The quantitative estimate of drug-likeness (QED) is 0.410. The van der Waals surface area contributed by atoms with Crippen LogP contribution in [0.25, 0.3) is 0 Å². The Hall–Kier alpha value is -1.13. The van der Waals surface area contributed by atoms with Gasteiger partial charge in [-0.05, 0) is 32.1 Å². The van der Waals surface area contributed by atoms with Gasteiger partial charge in [-0.2, -0.15) is 0 Å². The molecule has 0 aromatic heterocycles. The van der Waals surface area contributed by atoms with Crippen LogP contribution in [0.3, 0.4) is 0 Å². The molecule has 0 bridgehead atoms. The van der Waals surface area contributed by atoms with E-state index in [1.54, 1.807) is 0 Å². The van der Waals surface area contributed by atoms with Crippen LogP contribution in [-0.4, -0.2) is 28.3 Å². The van der Waals surface area contributed by atoms with E-state index in [0.29, 0.717) is 19.3 Å². The van der Waals surface area contributed by atoms with E-state index in [0.717, 1.165) is 19.3 Å². The molecule has 0 heterocycles. The summed E-state index contributed by atoms with van der Waals surface area (Å²) < 4.78 is 0. The minimum absolute atomic E-state index is 0.258. The van der Waals surface area contributed by atoms with Crippen LogP contribution in [0.5, 0.6) is 0 Å². The molecular formula is C14H25NO3. The summed E-state index contributed by atoms with van der Waals surface area (Å²) in [7, 11) is 0. The highest BCUT2D eigenvalue weighted by atomic mass is 16.3. The highest BCUT2D eigenvalue weighted by molar-refractivity contribution is 5.73. The Labute approximate surface area is 109 Å². The lowest BCUT2D eigenvalue weighted by Crippen LogP contribution is -2.23. The summed E-state index contributed by atoms with van der Waals surface area (Å²) in [5.41, 5.74) is 5.02. The van der Waals surface area contributed by atoms with Crippen molar-refractivity contribution in [3.05, 3.63) is 24.3 Å². The number of carbonyl (C=O) groups excluding carboxylic acids is 1. The van der Waals surface area contributed by atoms with Crippen LogP contribution < -0.4 is 5.73 Å². The number of rotatable bonds is 10. The lowest BCUT2D eigenvalue weighted by molar-refractivity contribution is -0.118.